The number of hydrogen-bond donors (Lipinski definition) is 2. The number of ether oxygens (including phenoxy) is 1. The van der Waals surface area contributed by atoms with Crippen molar-refractivity contribution >= 4 is 17.5 Å². The number of ketones is 2. The Balaban J connectivity index is 2.53. The first-order chi connectivity index (χ1) is 10.5. The molecule has 3 atom stereocenters. The Morgan fingerprint density at radius 3 is 2.26 bits per heavy atom. The van der Waals surface area contributed by atoms with Crippen LogP contribution in [0.25, 0.3) is 0 Å². The van der Waals surface area contributed by atoms with Gasteiger partial charge in [0, 0.05) is 18.9 Å². The van der Waals surface area contributed by atoms with Crippen molar-refractivity contribution < 1.29 is 24.2 Å². The van der Waals surface area contributed by atoms with Crippen LogP contribution >= 0.6 is 0 Å². The summed E-state index contributed by atoms with van der Waals surface area (Å²) in [7, 11) is 0. The molecular formula is C17H29NO5. The molecule has 1 rings (SSSR count). The summed E-state index contributed by atoms with van der Waals surface area (Å²) >= 11 is 0. The zero-order valence-electron chi connectivity index (χ0n) is 14.7. The van der Waals surface area contributed by atoms with Crippen LogP contribution in [0, 0.1) is 11.8 Å². The first-order valence-corrected chi connectivity index (χ1v) is 8.20. The largest absolute Gasteiger partial charge is 0.390 e. The summed E-state index contributed by atoms with van der Waals surface area (Å²) in [6.07, 6.45) is -0.176. The van der Waals surface area contributed by atoms with Gasteiger partial charge in [0.05, 0.1) is 5.60 Å². The van der Waals surface area contributed by atoms with Gasteiger partial charge in [0.2, 0.25) is 5.91 Å². The van der Waals surface area contributed by atoms with Crippen LogP contribution in [0.2, 0.25) is 0 Å². The molecule has 0 aliphatic carbocycles. The van der Waals surface area contributed by atoms with Crippen LogP contribution in [0.3, 0.4) is 0 Å². The maximum Gasteiger partial charge on any atom is 0.223 e. The van der Waals surface area contributed by atoms with Gasteiger partial charge in [-0.1, -0.05) is 13.8 Å². The second kappa shape index (κ2) is 8.02. The van der Waals surface area contributed by atoms with Gasteiger partial charge in [-0.3, -0.25) is 14.4 Å². The highest BCUT2D eigenvalue weighted by Gasteiger charge is 2.48. The van der Waals surface area contributed by atoms with E-state index < -0.39 is 23.7 Å². The minimum Gasteiger partial charge on any atom is -0.390 e. The van der Waals surface area contributed by atoms with E-state index in [1.54, 1.807) is 13.8 Å². The van der Waals surface area contributed by atoms with Crippen LogP contribution in [0.4, 0.5) is 0 Å². The Labute approximate surface area is 138 Å². The molecule has 6 heteroatoms. The summed E-state index contributed by atoms with van der Waals surface area (Å²) in [6.45, 7) is 9.11. The van der Waals surface area contributed by atoms with E-state index in [1.165, 1.54) is 6.92 Å². The molecule has 23 heavy (non-hydrogen) atoms. The lowest BCUT2D eigenvalue weighted by atomic mass is 9.90. The molecule has 1 heterocycles. The van der Waals surface area contributed by atoms with E-state index in [0.29, 0.717) is 19.4 Å². The lowest BCUT2D eigenvalue weighted by Crippen LogP contribution is -2.36. The first-order valence-electron chi connectivity index (χ1n) is 8.20. The smallest absolute Gasteiger partial charge is 0.223 e. The zero-order chi connectivity index (χ0) is 17.8. The van der Waals surface area contributed by atoms with Crippen LogP contribution in [-0.4, -0.2) is 46.9 Å². The van der Waals surface area contributed by atoms with E-state index in [1.807, 2.05) is 13.8 Å². The molecule has 0 saturated carbocycles. The average Bonchev–Trinajstić information content (AvgIpc) is 3.15. The highest BCUT2D eigenvalue weighted by Crippen LogP contribution is 2.28. The summed E-state index contributed by atoms with van der Waals surface area (Å²) in [4.78, 5) is 35.6. The summed E-state index contributed by atoms with van der Waals surface area (Å²) in [5.74, 6) is -0.680. The van der Waals surface area contributed by atoms with Crippen molar-refractivity contribution in [3.63, 3.8) is 0 Å². The predicted octanol–water partition coefficient (Wildman–Crippen LogP) is 1.24. The van der Waals surface area contributed by atoms with Crippen LogP contribution in [0.5, 0.6) is 0 Å². The van der Waals surface area contributed by atoms with E-state index in [2.05, 4.69) is 5.32 Å². The fraction of sp³-hybridized carbons (Fsp3) is 0.824. The van der Waals surface area contributed by atoms with Gasteiger partial charge in [-0.15, -0.1) is 0 Å². The predicted molar refractivity (Wildman–Crippen MR) is 85.8 cm³/mol. The highest BCUT2D eigenvalue weighted by atomic mass is 16.6. The molecule has 1 aliphatic heterocycles. The van der Waals surface area contributed by atoms with Gasteiger partial charge in [0.1, 0.15) is 12.2 Å². The van der Waals surface area contributed by atoms with Crippen molar-refractivity contribution in [2.45, 2.75) is 71.7 Å². The van der Waals surface area contributed by atoms with Crippen molar-refractivity contribution in [1.29, 1.82) is 0 Å². The molecule has 1 amide bonds. The van der Waals surface area contributed by atoms with Gasteiger partial charge in [-0.05, 0) is 39.5 Å². The number of hydrogen-bond acceptors (Lipinski definition) is 5. The Bertz CT molecular complexity index is 452. The van der Waals surface area contributed by atoms with Crippen molar-refractivity contribution in [2.75, 3.05) is 6.54 Å². The van der Waals surface area contributed by atoms with Crippen molar-refractivity contribution in [1.82, 2.24) is 5.32 Å². The maximum atomic E-state index is 12.3. The minimum atomic E-state index is -0.840. The molecule has 132 valence electrons. The molecule has 0 bridgehead atoms. The number of rotatable bonds is 10. The van der Waals surface area contributed by atoms with Gasteiger partial charge in [0.15, 0.2) is 11.6 Å². The van der Waals surface area contributed by atoms with Crippen LogP contribution in [0.1, 0.15) is 53.9 Å². The second-order valence-electron chi connectivity index (χ2n) is 7.44. The maximum absolute atomic E-state index is 12.3. The lowest BCUT2D eigenvalue weighted by Gasteiger charge is -2.20. The van der Waals surface area contributed by atoms with Crippen molar-refractivity contribution in [3.8, 4) is 0 Å². The van der Waals surface area contributed by atoms with Gasteiger partial charge in [-0.2, -0.15) is 0 Å². The molecule has 1 aliphatic rings. The third-order valence-corrected chi connectivity index (χ3v) is 3.82. The first kappa shape index (κ1) is 19.8. The third-order valence-electron chi connectivity index (χ3n) is 3.82. The van der Waals surface area contributed by atoms with E-state index in [0.717, 1.165) is 0 Å². The summed E-state index contributed by atoms with van der Waals surface area (Å²) in [5.41, 5.74) is -0.840. The van der Waals surface area contributed by atoms with E-state index in [4.69, 9.17) is 4.74 Å². The molecular weight excluding hydrogens is 298 g/mol. The van der Waals surface area contributed by atoms with Gasteiger partial charge >= 0.3 is 0 Å². The SMILES string of the molecule is CC(=O)[C@H]1O[C@@H]1C(=O)C[C@@H](CC(C)C)C(=O)NCCC(C)(C)O. The Morgan fingerprint density at radius 2 is 1.83 bits per heavy atom. The molecule has 1 fully saturated rings. The van der Waals surface area contributed by atoms with Crippen LogP contribution in [-0.2, 0) is 19.1 Å². The zero-order valence-corrected chi connectivity index (χ0v) is 14.7. The van der Waals surface area contributed by atoms with E-state index >= 15 is 0 Å². The normalized spacial score (nSPS) is 21.9. The van der Waals surface area contributed by atoms with Crippen molar-refractivity contribution in [3.05, 3.63) is 0 Å². The highest BCUT2D eigenvalue weighted by molar-refractivity contribution is 5.97. The second-order valence-corrected chi connectivity index (χ2v) is 7.44. The number of epoxide rings is 1. The van der Waals surface area contributed by atoms with E-state index in [-0.39, 0.29) is 29.8 Å². The molecule has 1 saturated heterocycles. The van der Waals surface area contributed by atoms with E-state index in [9.17, 15) is 19.5 Å². The fourth-order valence-electron chi connectivity index (χ4n) is 2.51. The standard InChI is InChI=1S/C17H29NO5/c1-10(2)8-12(16(21)18-7-6-17(4,5)22)9-13(20)15-14(23-15)11(3)19/h10,12,14-15,22H,6-9H2,1-5H3,(H,18,21)/t12-,14-,15-/m1/s1. The molecule has 0 aromatic carbocycles. The number of Topliss-reactive ketones (excluding diaryl/α,β-unsaturated/α-hetero) is 2. The summed E-state index contributed by atoms with van der Waals surface area (Å²) < 4.78 is 5.09. The van der Waals surface area contributed by atoms with Crippen LogP contribution in [0.15, 0.2) is 0 Å². The molecule has 2 N–H and O–H groups in total. The topological polar surface area (TPSA) is 96.0 Å². The molecule has 6 nitrogen and oxygen atoms in total. The molecule has 0 unspecified atom stereocenters. The average molecular weight is 327 g/mol. The summed E-state index contributed by atoms with van der Waals surface area (Å²) in [5, 5.41) is 12.5. The summed E-state index contributed by atoms with van der Waals surface area (Å²) in [6, 6.07) is 0. The lowest BCUT2D eigenvalue weighted by molar-refractivity contribution is -0.130. The van der Waals surface area contributed by atoms with Gasteiger partial charge in [0.25, 0.3) is 0 Å². The molecule has 0 aromatic rings. The third kappa shape index (κ3) is 7.22. The number of aliphatic hydroxyl groups is 1. The van der Waals surface area contributed by atoms with Crippen molar-refractivity contribution in [2.24, 2.45) is 11.8 Å². The molecule has 0 radical (unpaired) electrons. The number of carbonyl (C=O) groups excluding carboxylic acids is 3. The minimum absolute atomic E-state index is 0.0843. The van der Waals surface area contributed by atoms with Gasteiger partial charge < -0.3 is 15.2 Å². The quantitative estimate of drug-likeness (QED) is 0.589. The Morgan fingerprint density at radius 1 is 1.22 bits per heavy atom. The number of nitrogens with one attached hydrogen (secondary N) is 1. The number of amides is 1. The van der Waals surface area contributed by atoms with Crippen LogP contribution < -0.4 is 5.32 Å². The Hall–Kier alpha value is -1.27. The number of carbonyl (C=O) groups is 3. The molecule has 0 aromatic heterocycles. The monoisotopic (exact) mass is 327 g/mol. The molecule has 0 spiro atoms. The van der Waals surface area contributed by atoms with Gasteiger partial charge in [-0.25, -0.2) is 0 Å². The Kier molecular flexibility index (Phi) is 6.89. The fourth-order valence-corrected chi connectivity index (χ4v) is 2.51.